The third-order valence-corrected chi connectivity index (χ3v) is 6.64. The number of carbonyl (C=O) groups is 1. The molecule has 2 heterocycles. The summed E-state index contributed by atoms with van der Waals surface area (Å²) < 4.78 is 12.1. The third-order valence-electron chi connectivity index (χ3n) is 6.14. The van der Waals surface area contributed by atoms with E-state index in [4.69, 9.17) is 14.5 Å². The lowest BCUT2D eigenvalue weighted by atomic mass is 9.86. The molecule has 1 aliphatic heterocycles. The Hall–Kier alpha value is -3.26. The summed E-state index contributed by atoms with van der Waals surface area (Å²) in [6, 6.07) is 14.8. The second-order valence-electron chi connectivity index (χ2n) is 8.37. The van der Waals surface area contributed by atoms with Crippen LogP contribution in [0.3, 0.4) is 0 Å². The number of phenols is 1. The zero-order valence-corrected chi connectivity index (χ0v) is 19.3. The fraction of sp³-hybridized carbons (Fsp3) is 0.280. The molecule has 170 valence electrons. The Morgan fingerprint density at radius 2 is 1.97 bits per heavy atom. The monoisotopic (exact) mass is 510 g/mol. The number of aromatic nitrogens is 1. The Morgan fingerprint density at radius 1 is 1.09 bits per heavy atom. The summed E-state index contributed by atoms with van der Waals surface area (Å²) in [5, 5.41) is 23.4. The summed E-state index contributed by atoms with van der Waals surface area (Å²) in [6.45, 7) is 0.167. The summed E-state index contributed by atoms with van der Waals surface area (Å²) in [6.07, 6.45) is 2.98. The van der Waals surface area contributed by atoms with Crippen LogP contribution in [0.15, 0.2) is 53.0 Å². The molecule has 3 aromatic rings. The van der Waals surface area contributed by atoms with Crippen LogP contribution in [-0.4, -0.2) is 34.0 Å². The number of ether oxygens (including phenoxy) is 2. The van der Waals surface area contributed by atoms with Gasteiger partial charge in [-0.05, 0) is 61.2 Å². The normalized spacial score (nSPS) is 19.3. The Bertz CT molecular complexity index is 1220. The van der Waals surface area contributed by atoms with Crippen molar-refractivity contribution in [2.75, 3.05) is 12.1 Å². The first-order valence-corrected chi connectivity index (χ1v) is 11.7. The predicted molar refractivity (Wildman–Crippen MR) is 128 cm³/mol. The van der Waals surface area contributed by atoms with Gasteiger partial charge in [-0.3, -0.25) is 4.79 Å². The highest BCUT2D eigenvalue weighted by molar-refractivity contribution is 9.10. The molecule has 0 radical (unpaired) electrons. The molecule has 2 aliphatic rings. The zero-order chi connectivity index (χ0) is 22.9. The molecule has 0 spiro atoms. The smallest absolute Gasteiger partial charge is 0.306 e. The van der Waals surface area contributed by atoms with Gasteiger partial charge in [0.2, 0.25) is 6.79 Å². The van der Waals surface area contributed by atoms with Crippen LogP contribution in [0.5, 0.6) is 17.2 Å². The number of hydrogen-bond donors (Lipinski definition) is 3. The maximum Gasteiger partial charge on any atom is 0.306 e. The number of nitrogens with one attached hydrogen (secondary N) is 1. The highest BCUT2D eigenvalue weighted by Crippen LogP contribution is 2.43. The van der Waals surface area contributed by atoms with E-state index in [1.807, 2.05) is 36.4 Å². The number of phenolic OH excluding ortho intramolecular Hbond substituents is 1. The lowest BCUT2D eigenvalue weighted by Crippen LogP contribution is -2.31. The number of aromatic hydroxyl groups is 1. The predicted octanol–water partition coefficient (Wildman–Crippen LogP) is 5.67. The van der Waals surface area contributed by atoms with E-state index in [2.05, 4.69) is 21.2 Å². The molecule has 3 N–H and O–H groups in total. The number of para-hydroxylation sites is 1. The fourth-order valence-corrected chi connectivity index (χ4v) is 4.88. The van der Waals surface area contributed by atoms with E-state index < -0.39 is 5.97 Å². The summed E-state index contributed by atoms with van der Waals surface area (Å²) in [5.41, 5.74) is 2.90. The number of carboxylic acids is 1. The number of fused-ring (bicyclic) bond motifs is 1. The lowest BCUT2D eigenvalue weighted by molar-refractivity contribution is -0.142. The number of hydrogen-bond acceptors (Lipinski definition) is 6. The number of aliphatic carboxylic acids is 1. The highest BCUT2D eigenvalue weighted by atomic mass is 79.9. The van der Waals surface area contributed by atoms with Crippen LogP contribution in [-0.2, 0) is 4.79 Å². The Kier molecular flexibility index (Phi) is 5.85. The van der Waals surface area contributed by atoms with Crippen LogP contribution in [0.25, 0.3) is 22.4 Å². The van der Waals surface area contributed by atoms with Crippen LogP contribution < -0.4 is 14.8 Å². The van der Waals surface area contributed by atoms with Gasteiger partial charge in [0.15, 0.2) is 11.5 Å². The van der Waals surface area contributed by atoms with Crippen LogP contribution >= 0.6 is 15.9 Å². The van der Waals surface area contributed by atoms with Gasteiger partial charge in [0.05, 0.1) is 11.6 Å². The summed E-state index contributed by atoms with van der Waals surface area (Å²) in [4.78, 5) is 16.3. The molecule has 0 amide bonds. The number of benzene rings is 2. The van der Waals surface area contributed by atoms with Crippen molar-refractivity contribution >= 4 is 27.7 Å². The molecular weight excluding hydrogens is 488 g/mol. The van der Waals surface area contributed by atoms with E-state index in [1.165, 1.54) is 0 Å². The molecule has 1 aliphatic carbocycles. The Labute approximate surface area is 199 Å². The third kappa shape index (κ3) is 4.48. The van der Waals surface area contributed by atoms with Gasteiger partial charge < -0.3 is 25.0 Å². The van der Waals surface area contributed by atoms with Gasteiger partial charge in [0, 0.05) is 21.6 Å². The van der Waals surface area contributed by atoms with E-state index >= 15 is 0 Å². The molecule has 5 rings (SSSR count). The number of anilines is 1. The van der Waals surface area contributed by atoms with Gasteiger partial charge in [0.25, 0.3) is 0 Å². The van der Waals surface area contributed by atoms with Crippen molar-refractivity contribution in [2.45, 2.75) is 31.7 Å². The standard InChI is InChI=1S/C25H23BrN2O5/c26-16-7-8-21(29)19(12-16)20-10-15(18-5-2-6-22-24(18)33-13-32-22)11-23(28-20)27-17-4-1-3-14(9-17)25(30)31/h2,5-8,10-12,14,17,29H,1,3-4,9,13H2,(H,27,28)(H,30,31). The van der Waals surface area contributed by atoms with Crippen LogP contribution in [0, 0.1) is 5.92 Å². The van der Waals surface area contributed by atoms with E-state index in [-0.39, 0.29) is 24.5 Å². The molecule has 0 saturated heterocycles. The van der Waals surface area contributed by atoms with Crippen LogP contribution in [0.2, 0.25) is 0 Å². The highest BCUT2D eigenvalue weighted by Gasteiger charge is 2.27. The van der Waals surface area contributed by atoms with Gasteiger partial charge in [-0.15, -0.1) is 0 Å². The molecule has 8 heteroatoms. The number of halogens is 1. The maximum atomic E-state index is 11.5. The molecule has 0 bridgehead atoms. The largest absolute Gasteiger partial charge is 0.507 e. The van der Waals surface area contributed by atoms with Gasteiger partial charge in [-0.2, -0.15) is 0 Å². The van der Waals surface area contributed by atoms with Crippen molar-refractivity contribution in [1.82, 2.24) is 4.98 Å². The fourth-order valence-electron chi connectivity index (χ4n) is 4.52. The van der Waals surface area contributed by atoms with Gasteiger partial charge in [0.1, 0.15) is 11.6 Å². The summed E-state index contributed by atoms with van der Waals surface area (Å²) in [5.74, 6) is 0.991. The van der Waals surface area contributed by atoms with E-state index in [1.54, 1.807) is 12.1 Å². The molecule has 1 aromatic heterocycles. The van der Waals surface area contributed by atoms with E-state index in [9.17, 15) is 15.0 Å². The van der Waals surface area contributed by atoms with Crippen molar-refractivity contribution in [3.8, 4) is 39.6 Å². The summed E-state index contributed by atoms with van der Waals surface area (Å²) >= 11 is 3.47. The lowest BCUT2D eigenvalue weighted by Gasteiger charge is -2.28. The van der Waals surface area contributed by atoms with Crippen molar-refractivity contribution in [1.29, 1.82) is 0 Å². The first kappa shape index (κ1) is 21.6. The minimum absolute atomic E-state index is 0.00706. The van der Waals surface area contributed by atoms with Crippen molar-refractivity contribution in [3.63, 3.8) is 0 Å². The number of rotatable bonds is 5. The zero-order valence-electron chi connectivity index (χ0n) is 17.8. The summed E-state index contributed by atoms with van der Waals surface area (Å²) in [7, 11) is 0. The van der Waals surface area contributed by atoms with Gasteiger partial charge in [-0.25, -0.2) is 4.98 Å². The average Bonchev–Trinajstić information content (AvgIpc) is 3.29. The first-order valence-electron chi connectivity index (χ1n) is 10.9. The average molecular weight is 511 g/mol. The number of pyridine rings is 1. The van der Waals surface area contributed by atoms with Crippen LogP contribution in [0.1, 0.15) is 25.7 Å². The topological polar surface area (TPSA) is 101 Å². The number of carboxylic acid groups (broad SMARTS) is 1. The molecule has 2 unspecified atom stereocenters. The number of nitrogens with zero attached hydrogens (tertiary/aromatic N) is 1. The quantitative estimate of drug-likeness (QED) is 0.406. The van der Waals surface area contributed by atoms with Crippen molar-refractivity contribution < 1.29 is 24.5 Å². The van der Waals surface area contributed by atoms with Crippen molar-refractivity contribution in [3.05, 3.63) is 53.0 Å². The minimum Gasteiger partial charge on any atom is -0.507 e. The molecule has 1 saturated carbocycles. The maximum absolute atomic E-state index is 11.5. The second kappa shape index (κ2) is 8.94. The minimum atomic E-state index is -0.750. The first-order chi connectivity index (χ1) is 16.0. The molecule has 2 aromatic carbocycles. The molecule has 33 heavy (non-hydrogen) atoms. The molecule has 7 nitrogen and oxygen atoms in total. The molecular formula is C25H23BrN2O5. The van der Waals surface area contributed by atoms with Crippen LogP contribution in [0.4, 0.5) is 5.82 Å². The SMILES string of the molecule is O=C(O)C1CCCC(Nc2cc(-c3cccc4c3OCO4)cc(-c3cc(Br)ccc3O)n2)C1. The van der Waals surface area contributed by atoms with Gasteiger partial charge >= 0.3 is 5.97 Å². The van der Waals surface area contributed by atoms with Gasteiger partial charge in [-0.1, -0.05) is 34.5 Å². The molecule has 1 fully saturated rings. The second-order valence-corrected chi connectivity index (χ2v) is 9.29. The molecule has 2 atom stereocenters. The Balaban J connectivity index is 1.57. The van der Waals surface area contributed by atoms with E-state index in [0.717, 1.165) is 28.4 Å². The van der Waals surface area contributed by atoms with Crippen molar-refractivity contribution in [2.24, 2.45) is 5.92 Å². The Morgan fingerprint density at radius 3 is 2.82 bits per heavy atom. The van der Waals surface area contributed by atoms with E-state index in [0.29, 0.717) is 41.4 Å².